The predicted octanol–water partition coefficient (Wildman–Crippen LogP) is 0.725. The number of halogens is 1. The standard InChI is InChI=1S/C6H9ClN4/c7-6-10-9-5-4(8)2-1-3-11(5)6/h4H,1-3,8H2. The Kier molecular flexibility index (Phi) is 1.58. The van der Waals surface area contributed by atoms with Gasteiger partial charge in [-0.2, -0.15) is 0 Å². The maximum atomic E-state index is 5.78. The highest BCUT2D eigenvalue weighted by atomic mass is 35.5. The highest BCUT2D eigenvalue weighted by Gasteiger charge is 2.20. The molecule has 11 heavy (non-hydrogen) atoms. The summed E-state index contributed by atoms with van der Waals surface area (Å²) in [6.45, 7) is 0.898. The molecular formula is C6H9ClN4. The van der Waals surface area contributed by atoms with Crippen molar-refractivity contribution in [3.63, 3.8) is 0 Å². The fourth-order valence-electron chi connectivity index (χ4n) is 1.37. The maximum Gasteiger partial charge on any atom is 0.225 e. The van der Waals surface area contributed by atoms with Gasteiger partial charge in [-0.25, -0.2) is 0 Å². The first-order valence-corrected chi connectivity index (χ1v) is 4.01. The van der Waals surface area contributed by atoms with Gasteiger partial charge in [-0.15, -0.1) is 10.2 Å². The van der Waals surface area contributed by atoms with Gasteiger partial charge in [0.15, 0.2) is 5.82 Å². The molecule has 1 unspecified atom stereocenters. The molecule has 0 amide bonds. The minimum atomic E-state index is 0.0174. The van der Waals surface area contributed by atoms with E-state index in [0.717, 1.165) is 25.2 Å². The SMILES string of the molecule is NC1CCCn2c(Cl)nnc21. The fourth-order valence-corrected chi connectivity index (χ4v) is 1.58. The summed E-state index contributed by atoms with van der Waals surface area (Å²) in [5.41, 5.74) is 5.78. The van der Waals surface area contributed by atoms with Crippen molar-refractivity contribution in [1.29, 1.82) is 0 Å². The third-order valence-corrected chi connectivity index (χ3v) is 2.24. The van der Waals surface area contributed by atoms with Crippen LogP contribution in [0.4, 0.5) is 0 Å². The monoisotopic (exact) mass is 172 g/mol. The Labute approximate surface area is 69.4 Å². The van der Waals surface area contributed by atoms with E-state index >= 15 is 0 Å². The summed E-state index contributed by atoms with van der Waals surface area (Å²) in [6, 6.07) is 0.0174. The quantitative estimate of drug-likeness (QED) is 0.628. The molecule has 0 saturated carbocycles. The van der Waals surface area contributed by atoms with Gasteiger partial charge in [-0.1, -0.05) is 0 Å². The molecule has 1 aromatic heterocycles. The smallest absolute Gasteiger partial charge is 0.225 e. The third-order valence-electron chi connectivity index (χ3n) is 1.96. The number of nitrogens with zero attached hydrogens (tertiary/aromatic N) is 3. The Morgan fingerprint density at radius 3 is 3.09 bits per heavy atom. The number of fused-ring (bicyclic) bond motifs is 1. The Balaban J connectivity index is 2.46. The van der Waals surface area contributed by atoms with E-state index in [0.29, 0.717) is 5.28 Å². The van der Waals surface area contributed by atoms with Gasteiger partial charge >= 0.3 is 0 Å². The minimum absolute atomic E-state index is 0.0174. The second kappa shape index (κ2) is 2.46. The number of nitrogens with two attached hydrogens (primary N) is 1. The van der Waals surface area contributed by atoms with Gasteiger partial charge in [-0.05, 0) is 24.4 Å². The summed E-state index contributed by atoms with van der Waals surface area (Å²) in [4.78, 5) is 0. The first-order chi connectivity index (χ1) is 5.29. The van der Waals surface area contributed by atoms with Crippen molar-refractivity contribution in [3.8, 4) is 0 Å². The Hall–Kier alpha value is -0.610. The lowest BCUT2D eigenvalue weighted by Crippen LogP contribution is -2.22. The first-order valence-electron chi connectivity index (χ1n) is 3.63. The van der Waals surface area contributed by atoms with Gasteiger partial charge < -0.3 is 10.3 Å². The highest BCUT2D eigenvalue weighted by Crippen LogP contribution is 2.23. The van der Waals surface area contributed by atoms with Crippen LogP contribution in [0.1, 0.15) is 24.7 Å². The van der Waals surface area contributed by atoms with E-state index in [1.54, 1.807) is 0 Å². The van der Waals surface area contributed by atoms with Crippen LogP contribution in [-0.4, -0.2) is 14.8 Å². The number of hydrogen-bond acceptors (Lipinski definition) is 3. The molecule has 0 saturated heterocycles. The molecule has 4 nitrogen and oxygen atoms in total. The molecule has 0 aliphatic carbocycles. The lowest BCUT2D eigenvalue weighted by Gasteiger charge is -2.18. The molecule has 0 bridgehead atoms. The molecule has 1 aliphatic heterocycles. The van der Waals surface area contributed by atoms with E-state index in [-0.39, 0.29) is 6.04 Å². The molecule has 1 aliphatic rings. The lowest BCUT2D eigenvalue weighted by molar-refractivity contribution is 0.452. The Morgan fingerprint density at radius 2 is 2.36 bits per heavy atom. The van der Waals surface area contributed by atoms with E-state index in [1.165, 1.54) is 0 Å². The summed E-state index contributed by atoms with van der Waals surface area (Å²) in [7, 11) is 0. The second-order valence-electron chi connectivity index (χ2n) is 2.73. The van der Waals surface area contributed by atoms with Crippen LogP contribution in [0.5, 0.6) is 0 Å². The average molecular weight is 173 g/mol. The number of rotatable bonds is 0. The highest BCUT2D eigenvalue weighted by molar-refractivity contribution is 6.28. The van der Waals surface area contributed by atoms with Crippen LogP contribution < -0.4 is 5.73 Å². The molecular weight excluding hydrogens is 164 g/mol. The molecule has 0 spiro atoms. The van der Waals surface area contributed by atoms with Gasteiger partial charge in [0.05, 0.1) is 6.04 Å². The zero-order valence-corrected chi connectivity index (χ0v) is 6.75. The van der Waals surface area contributed by atoms with Gasteiger partial charge in [0.25, 0.3) is 0 Å². The molecule has 0 radical (unpaired) electrons. The van der Waals surface area contributed by atoms with E-state index < -0.39 is 0 Å². The average Bonchev–Trinajstić information content (AvgIpc) is 2.35. The minimum Gasteiger partial charge on any atom is -0.321 e. The summed E-state index contributed by atoms with van der Waals surface area (Å²) in [6.07, 6.45) is 2.04. The van der Waals surface area contributed by atoms with Crippen molar-refractivity contribution in [2.45, 2.75) is 25.4 Å². The van der Waals surface area contributed by atoms with Crippen molar-refractivity contribution in [2.24, 2.45) is 5.73 Å². The van der Waals surface area contributed by atoms with Crippen molar-refractivity contribution in [1.82, 2.24) is 14.8 Å². The molecule has 0 fully saturated rings. The van der Waals surface area contributed by atoms with Gasteiger partial charge in [0, 0.05) is 6.54 Å². The molecule has 2 rings (SSSR count). The van der Waals surface area contributed by atoms with Gasteiger partial charge in [0.2, 0.25) is 5.28 Å². The van der Waals surface area contributed by atoms with Crippen molar-refractivity contribution in [3.05, 3.63) is 11.1 Å². The van der Waals surface area contributed by atoms with Crippen molar-refractivity contribution < 1.29 is 0 Å². The van der Waals surface area contributed by atoms with Gasteiger partial charge in [-0.3, -0.25) is 0 Å². The fraction of sp³-hybridized carbons (Fsp3) is 0.667. The van der Waals surface area contributed by atoms with Crippen LogP contribution in [0, 0.1) is 0 Å². The van der Waals surface area contributed by atoms with E-state index in [1.807, 2.05) is 4.57 Å². The van der Waals surface area contributed by atoms with Crippen LogP contribution in [0.3, 0.4) is 0 Å². The largest absolute Gasteiger partial charge is 0.321 e. The first kappa shape index (κ1) is 7.06. The summed E-state index contributed by atoms with van der Waals surface area (Å²) >= 11 is 5.76. The van der Waals surface area contributed by atoms with Crippen LogP contribution in [0.2, 0.25) is 5.28 Å². The third kappa shape index (κ3) is 1.02. The molecule has 2 heterocycles. The number of hydrogen-bond donors (Lipinski definition) is 1. The van der Waals surface area contributed by atoms with E-state index in [2.05, 4.69) is 10.2 Å². The molecule has 5 heteroatoms. The van der Waals surface area contributed by atoms with E-state index in [4.69, 9.17) is 17.3 Å². The topological polar surface area (TPSA) is 56.7 Å². The normalized spacial score (nSPS) is 23.3. The lowest BCUT2D eigenvalue weighted by atomic mass is 10.1. The Bertz CT molecular complexity index is 270. The molecule has 1 aromatic rings. The number of aromatic nitrogens is 3. The molecule has 0 aromatic carbocycles. The van der Waals surface area contributed by atoms with Gasteiger partial charge in [0.1, 0.15) is 0 Å². The zero-order chi connectivity index (χ0) is 7.84. The van der Waals surface area contributed by atoms with E-state index in [9.17, 15) is 0 Å². The van der Waals surface area contributed by atoms with Crippen LogP contribution in [-0.2, 0) is 6.54 Å². The zero-order valence-electron chi connectivity index (χ0n) is 6.00. The van der Waals surface area contributed by atoms with Crippen LogP contribution in [0.25, 0.3) is 0 Å². The predicted molar refractivity (Wildman–Crippen MR) is 41.2 cm³/mol. The second-order valence-corrected chi connectivity index (χ2v) is 3.07. The Morgan fingerprint density at radius 1 is 1.55 bits per heavy atom. The van der Waals surface area contributed by atoms with Crippen molar-refractivity contribution in [2.75, 3.05) is 0 Å². The summed E-state index contributed by atoms with van der Waals surface area (Å²) < 4.78 is 1.87. The summed E-state index contributed by atoms with van der Waals surface area (Å²) in [5, 5.41) is 8.09. The van der Waals surface area contributed by atoms with Crippen molar-refractivity contribution >= 4 is 11.6 Å². The maximum absolute atomic E-state index is 5.78. The molecule has 60 valence electrons. The van der Waals surface area contributed by atoms with Crippen LogP contribution >= 0.6 is 11.6 Å². The molecule has 1 atom stereocenters. The summed E-state index contributed by atoms with van der Waals surface area (Å²) in [5.74, 6) is 0.821. The van der Waals surface area contributed by atoms with Crippen LogP contribution in [0.15, 0.2) is 0 Å². The molecule has 2 N–H and O–H groups in total.